The molecular weight excluding hydrogens is 378 g/mol. The number of nitrogens with one attached hydrogen (secondary N) is 1. The van der Waals surface area contributed by atoms with E-state index in [9.17, 15) is 8.78 Å². The average molecular weight is 389 g/mol. The molecule has 2 aromatic rings. The Morgan fingerprint density at radius 3 is 2.43 bits per heavy atom. The van der Waals surface area contributed by atoms with Gasteiger partial charge in [0.2, 0.25) is 0 Å². The molecule has 0 fully saturated rings. The third-order valence-electron chi connectivity index (χ3n) is 2.76. The Morgan fingerprint density at radius 1 is 1.29 bits per heavy atom. The van der Waals surface area contributed by atoms with E-state index in [0.717, 1.165) is 4.90 Å². The van der Waals surface area contributed by atoms with Crippen LogP contribution in [0.1, 0.15) is 5.56 Å². The lowest BCUT2D eigenvalue weighted by molar-refractivity contribution is 0.589. The van der Waals surface area contributed by atoms with E-state index in [0.29, 0.717) is 15.7 Å². The molecule has 0 saturated heterocycles. The summed E-state index contributed by atoms with van der Waals surface area (Å²) in [6, 6.07) is 7.66. The molecule has 3 N–H and O–H groups in total. The van der Waals surface area contributed by atoms with Crippen molar-refractivity contribution in [3.63, 3.8) is 0 Å². The van der Waals surface area contributed by atoms with Crippen LogP contribution in [0.4, 0.5) is 20.2 Å². The van der Waals surface area contributed by atoms with Gasteiger partial charge in [0.05, 0.1) is 5.69 Å². The maximum atomic E-state index is 13.9. The van der Waals surface area contributed by atoms with Crippen molar-refractivity contribution in [2.75, 3.05) is 11.6 Å². The van der Waals surface area contributed by atoms with Crippen LogP contribution >= 0.6 is 39.9 Å². The number of benzene rings is 2. The van der Waals surface area contributed by atoms with Gasteiger partial charge in [0.25, 0.3) is 0 Å². The van der Waals surface area contributed by atoms with Crippen LogP contribution in [0.15, 0.2) is 39.7 Å². The number of hydrogen-bond acceptors (Lipinski definition) is 3. The van der Waals surface area contributed by atoms with E-state index in [2.05, 4.69) is 21.2 Å². The molecule has 2 nitrogen and oxygen atoms in total. The number of anilines is 2. The zero-order valence-corrected chi connectivity index (χ0v) is 14.1. The molecule has 0 heterocycles. The molecule has 0 aliphatic heterocycles. The predicted molar refractivity (Wildman–Crippen MR) is 91.5 cm³/mol. The van der Waals surface area contributed by atoms with Crippen LogP contribution < -0.4 is 11.1 Å². The van der Waals surface area contributed by atoms with E-state index in [1.807, 2.05) is 12.3 Å². The Kier molecular flexibility index (Phi) is 5.18. The van der Waals surface area contributed by atoms with Crippen molar-refractivity contribution >= 4 is 56.3 Å². The summed E-state index contributed by atoms with van der Waals surface area (Å²) in [6.07, 6.45) is 1.88. The first-order valence-corrected chi connectivity index (χ1v) is 8.25. The number of thioether (sulfide) groups is 1. The summed E-state index contributed by atoms with van der Waals surface area (Å²) in [5.41, 5.74) is 6.52. The predicted octanol–water partition coefficient (Wildman–Crippen LogP) is 4.83. The van der Waals surface area contributed by atoms with Gasteiger partial charge in [-0.3, -0.25) is 0 Å². The van der Waals surface area contributed by atoms with E-state index in [1.54, 1.807) is 12.1 Å². The minimum Gasteiger partial charge on any atom is -0.389 e. The molecule has 0 aliphatic rings. The highest BCUT2D eigenvalue weighted by molar-refractivity contribution is 9.10. The lowest BCUT2D eigenvalue weighted by atomic mass is 10.1. The van der Waals surface area contributed by atoms with Crippen molar-refractivity contribution < 1.29 is 8.78 Å². The fraction of sp³-hybridized carbons (Fsp3) is 0.0714. The Labute approximate surface area is 139 Å². The van der Waals surface area contributed by atoms with Crippen molar-refractivity contribution in [1.82, 2.24) is 0 Å². The van der Waals surface area contributed by atoms with Gasteiger partial charge in [0, 0.05) is 14.9 Å². The molecule has 2 aromatic carbocycles. The van der Waals surface area contributed by atoms with Crippen LogP contribution in [0.2, 0.25) is 0 Å². The molecule has 0 aliphatic carbocycles. The third-order valence-corrected chi connectivity index (χ3v) is 4.20. The molecule has 0 aromatic heterocycles. The molecule has 7 heteroatoms. The molecule has 0 atom stereocenters. The third kappa shape index (κ3) is 3.53. The molecule has 0 amide bonds. The van der Waals surface area contributed by atoms with Gasteiger partial charge in [-0.2, -0.15) is 0 Å². The standard InChI is InChI=1S/C14H11BrF2N2S2/c1-21-11-4-2-3-10(12(11)14(18)20)19-13-8(16)5-7(15)6-9(13)17/h2-6,19H,1H3,(H2,18,20). The lowest BCUT2D eigenvalue weighted by Gasteiger charge is -2.15. The summed E-state index contributed by atoms with van der Waals surface area (Å²) < 4.78 is 28.1. The first-order chi connectivity index (χ1) is 9.93. The summed E-state index contributed by atoms with van der Waals surface area (Å²) in [6.45, 7) is 0. The maximum Gasteiger partial charge on any atom is 0.150 e. The molecular formula is C14H11BrF2N2S2. The van der Waals surface area contributed by atoms with Gasteiger partial charge in [-0.05, 0) is 30.5 Å². The highest BCUT2D eigenvalue weighted by atomic mass is 79.9. The monoisotopic (exact) mass is 388 g/mol. The quantitative estimate of drug-likeness (QED) is 0.581. The number of hydrogen-bond donors (Lipinski definition) is 2. The summed E-state index contributed by atoms with van der Waals surface area (Å²) in [5, 5.41) is 2.74. The second-order valence-electron chi connectivity index (χ2n) is 4.12. The van der Waals surface area contributed by atoms with Gasteiger partial charge in [-0.1, -0.05) is 34.2 Å². The second-order valence-corrected chi connectivity index (χ2v) is 6.32. The van der Waals surface area contributed by atoms with Crippen molar-refractivity contribution in [2.24, 2.45) is 5.73 Å². The van der Waals surface area contributed by atoms with Gasteiger partial charge < -0.3 is 11.1 Å². The maximum absolute atomic E-state index is 13.9. The summed E-state index contributed by atoms with van der Waals surface area (Å²) in [7, 11) is 0. The normalized spacial score (nSPS) is 10.5. The Hall–Kier alpha value is -1.18. The average Bonchev–Trinajstić information content (AvgIpc) is 2.42. The van der Waals surface area contributed by atoms with E-state index in [-0.39, 0.29) is 10.7 Å². The summed E-state index contributed by atoms with van der Waals surface area (Å²) in [5.74, 6) is -1.41. The molecule has 110 valence electrons. The van der Waals surface area contributed by atoms with Gasteiger partial charge in [-0.15, -0.1) is 11.8 Å². The Bertz CT molecular complexity index is 684. The number of rotatable bonds is 4. The van der Waals surface area contributed by atoms with Crippen LogP contribution in [0.3, 0.4) is 0 Å². The smallest absolute Gasteiger partial charge is 0.150 e. The molecule has 0 bridgehead atoms. The van der Waals surface area contributed by atoms with Crippen molar-refractivity contribution in [1.29, 1.82) is 0 Å². The zero-order valence-electron chi connectivity index (χ0n) is 10.9. The van der Waals surface area contributed by atoms with Gasteiger partial charge in [0.1, 0.15) is 10.7 Å². The fourth-order valence-corrected chi connectivity index (χ4v) is 3.18. The molecule has 0 radical (unpaired) electrons. The van der Waals surface area contributed by atoms with Crippen molar-refractivity contribution in [3.05, 3.63) is 52.0 Å². The van der Waals surface area contributed by atoms with Crippen LogP contribution in [0.25, 0.3) is 0 Å². The van der Waals surface area contributed by atoms with Crippen LogP contribution in [0, 0.1) is 11.6 Å². The van der Waals surface area contributed by atoms with Crippen molar-refractivity contribution in [2.45, 2.75) is 4.90 Å². The first-order valence-electron chi connectivity index (χ1n) is 5.82. The van der Waals surface area contributed by atoms with Crippen LogP contribution in [-0.2, 0) is 0 Å². The molecule has 0 unspecified atom stereocenters. The van der Waals surface area contributed by atoms with Gasteiger partial charge >= 0.3 is 0 Å². The Balaban J connectivity index is 2.52. The fourth-order valence-electron chi connectivity index (χ4n) is 1.86. The Morgan fingerprint density at radius 2 is 1.90 bits per heavy atom. The molecule has 2 rings (SSSR count). The summed E-state index contributed by atoms with van der Waals surface area (Å²) in [4.78, 5) is 1.01. The van der Waals surface area contributed by atoms with E-state index < -0.39 is 11.6 Å². The number of halogens is 3. The summed E-state index contributed by atoms with van der Waals surface area (Å²) >= 11 is 9.53. The highest BCUT2D eigenvalue weighted by Crippen LogP contribution is 2.32. The molecule has 0 saturated carbocycles. The largest absolute Gasteiger partial charge is 0.389 e. The minimum atomic E-state index is -0.703. The highest BCUT2D eigenvalue weighted by Gasteiger charge is 2.15. The van der Waals surface area contributed by atoms with Crippen molar-refractivity contribution in [3.8, 4) is 0 Å². The lowest BCUT2D eigenvalue weighted by Crippen LogP contribution is -2.14. The SMILES string of the molecule is CSc1cccc(Nc2c(F)cc(Br)cc2F)c1C(N)=S. The van der Waals surface area contributed by atoms with Crippen LogP contribution in [0.5, 0.6) is 0 Å². The number of nitrogens with two attached hydrogens (primary N) is 1. The first kappa shape index (κ1) is 16.2. The zero-order chi connectivity index (χ0) is 15.6. The molecule has 21 heavy (non-hydrogen) atoms. The topological polar surface area (TPSA) is 38.0 Å². The molecule has 0 spiro atoms. The van der Waals surface area contributed by atoms with Gasteiger partial charge in [0.15, 0.2) is 11.6 Å². The minimum absolute atomic E-state index is 0.167. The van der Waals surface area contributed by atoms with E-state index >= 15 is 0 Å². The second kappa shape index (κ2) is 6.72. The van der Waals surface area contributed by atoms with E-state index in [1.165, 1.54) is 23.9 Å². The van der Waals surface area contributed by atoms with Crippen LogP contribution in [-0.4, -0.2) is 11.2 Å². The van der Waals surface area contributed by atoms with E-state index in [4.69, 9.17) is 18.0 Å². The number of thiocarbonyl (C=S) groups is 1. The van der Waals surface area contributed by atoms with Gasteiger partial charge in [-0.25, -0.2) is 8.78 Å².